The van der Waals surface area contributed by atoms with Gasteiger partial charge in [-0.25, -0.2) is 0 Å². The monoisotopic (exact) mass is 466 g/mol. The summed E-state index contributed by atoms with van der Waals surface area (Å²) in [5.41, 5.74) is 1.16. The molecule has 1 N–H and O–H groups in total. The van der Waals surface area contributed by atoms with E-state index in [0.717, 1.165) is 16.7 Å². The van der Waals surface area contributed by atoms with Crippen molar-refractivity contribution in [1.29, 1.82) is 0 Å². The number of imide groups is 1. The molecule has 0 aliphatic carbocycles. The molecule has 170 valence electrons. The van der Waals surface area contributed by atoms with Crippen LogP contribution in [0.4, 0.5) is 10.5 Å². The number of nitrogens with one attached hydrogen (secondary N) is 1. The molecule has 3 amide bonds. The van der Waals surface area contributed by atoms with Crippen LogP contribution in [0.15, 0.2) is 47.4 Å². The van der Waals surface area contributed by atoms with E-state index in [-0.39, 0.29) is 11.5 Å². The summed E-state index contributed by atoms with van der Waals surface area (Å²) in [5, 5.41) is 2.15. The number of hydrogen-bond acceptors (Lipinski definition) is 7. The molecule has 1 aliphatic heterocycles. The minimum Gasteiger partial charge on any atom is -0.494 e. The van der Waals surface area contributed by atoms with Crippen molar-refractivity contribution in [2.45, 2.75) is 6.92 Å². The van der Waals surface area contributed by atoms with Gasteiger partial charge in [0.2, 0.25) is 5.91 Å². The SMILES string of the molecule is C#CCOc1ccc(/C=C2\SC(=O)N(CC(=O)Nc3ccc(OCC)cc3)C2=O)cc1OC. The molecule has 0 spiro atoms. The van der Waals surface area contributed by atoms with Gasteiger partial charge < -0.3 is 19.5 Å². The molecular weight excluding hydrogens is 444 g/mol. The minimum atomic E-state index is -0.543. The number of hydrogen-bond donors (Lipinski definition) is 1. The van der Waals surface area contributed by atoms with Gasteiger partial charge in [0.1, 0.15) is 18.9 Å². The number of terminal acetylenes is 1. The number of ether oxygens (including phenoxy) is 3. The van der Waals surface area contributed by atoms with Crippen LogP contribution in [0.5, 0.6) is 17.2 Å². The second-order valence-corrected chi connectivity index (χ2v) is 7.67. The standard InChI is InChI=1S/C24H22N2O6S/c1-4-12-32-19-11-6-16(13-20(19)30-3)14-21-23(28)26(24(29)33-21)15-22(27)25-17-7-9-18(10-8-17)31-5-2/h1,6-11,13-14H,5,12,15H2,2-3H3,(H,25,27)/b21-14-. The minimum absolute atomic E-state index is 0.0906. The van der Waals surface area contributed by atoms with Gasteiger partial charge in [0.15, 0.2) is 11.5 Å². The maximum atomic E-state index is 12.7. The lowest BCUT2D eigenvalue weighted by Crippen LogP contribution is -2.36. The molecule has 0 unspecified atom stereocenters. The Bertz CT molecular complexity index is 1120. The van der Waals surface area contributed by atoms with Gasteiger partial charge >= 0.3 is 0 Å². The number of carbonyl (C=O) groups excluding carboxylic acids is 3. The van der Waals surface area contributed by atoms with E-state index >= 15 is 0 Å². The van der Waals surface area contributed by atoms with Crippen molar-refractivity contribution >= 4 is 40.6 Å². The normalized spacial score (nSPS) is 14.2. The highest BCUT2D eigenvalue weighted by Gasteiger charge is 2.36. The summed E-state index contributed by atoms with van der Waals surface area (Å²) in [4.78, 5) is 38.6. The summed E-state index contributed by atoms with van der Waals surface area (Å²) in [7, 11) is 1.48. The van der Waals surface area contributed by atoms with E-state index in [0.29, 0.717) is 35.1 Å². The average Bonchev–Trinajstić information content (AvgIpc) is 3.06. The van der Waals surface area contributed by atoms with Crippen LogP contribution in [0.2, 0.25) is 0 Å². The number of carbonyl (C=O) groups is 3. The number of nitrogens with zero attached hydrogens (tertiary/aromatic N) is 1. The molecule has 1 fully saturated rings. The van der Waals surface area contributed by atoms with Crippen molar-refractivity contribution < 1.29 is 28.6 Å². The lowest BCUT2D eigenvalue weighted by Gasteiger charge is -2.13. The Labute approximate surface area is 195 Å². The fourth-order valence-corrected chi connectivity index (χ4v) is 3.78. The molecule has 0 bridgehead atoms. The van der Waals surface area contributed by atoms with Crippen LogP contribution in [0.1, 0.15) is 12.5 Å². The zero-order valence-electron chi connectivity index (χ0n) is 18.1. The number of amides is 3. The van der Waals surface area contributed by atoms with Crippen LogP contribution >= 0.6 is 11.8 Å². The highest BCUT2D eigenvalue weighted by Crippen LogP contribution is 2.34. The van der Waals surface area contributed by atoms with Crippen LogP contribution < -0.4 is 19.5 Å². The molecule has 2 aromatic carbocycles. The largest absolute Gasteiger partial charge is 0.494 e. The van der Waals surface area contributed by atoms with Gasteiger partial charge in [0, 0.05) is 5.69 Å². The van der Waals surface area contributed by atoms with E-state index in [1.165, 1.54) is 7.11 Å². The van der Waals surface area contributed by atoms with E-state index in [4.69, 9.17) is 20.6 Å². The van der Waals surface area contributed by atoms with E-state index in [1.807, 2.05) is 6.92 Å². The highest BCUT2D eigenvalue weighted by molar-refractivity contribution is 8.18. The molecule has 0 aromatic heterocycles. The summed E-state index contributed by atoms with van der Waals surface area (Å²) in [6, 6.07) is 11.8. The van der Waals surface area contributed by atoms with Gasteiger partial charge in [0.05, 0.1) is 18.6 Å². The van der Waals surface area contributed by atoms with Gasteiger partial charge in [-0.3, -0.25) is 19.3 Å². The first-order chi connectivity index (χ1) is 15.9. The maximum absolute atomic E-state index is 12.7. The first-order valence-electron chi connectivity index (χ1n) is 9.97. The van der Waals surface area contributed by atoms with Crippen molar-refractivity contribution in [2.24, 2.45) is 0 Å². The Morgan fingerprint density at radius 1 is 1.15 bits per heavy atom. The van der Waals surface area contributed by atoms with Crippen LogP contribution in [0.3, 0.4) is 0 Å². The molecule has 1 saturated heterocycles. The molecule has 0 radical (unpaired) electrons. The topological polar surface area (TPSA) is 94.2 Å². The molecule has 1 heterocycles. The predicted octanol–water partition coefficient (Wildman–Crippen LogP) is 3.78. The van der Waals surface area contributed by atoms with Crippen molar-refractivity contribution in [2.75, 3.05) is 32.2 Å². The Morgan fingerprint density at radius 2 is 1.91 bits per heavy atom. The smallest absolute Gasteiger partial charge is 0.294 e. The molecule has 33 heavy (non-hydrogen) atoms. The lowest BCUT2D eigenvalue weighted by molar-refractivity contribution is -0.127. The molecular formula is C24H22N2O6S. The van der Waals surface area contributed by atoms with Crippen LogP contribution in [0, 0.1) is 12.3 Å². The van der Waals surface area contributed by atoms with Crippen molar-refractivity contribution in [3.63, 3.8) is 0 Å². The van der Waals surface area contributed by atoms with Gasteiger partial charge in [0.25, 0.3) is 11.1 Å². The Hall–Kier alpha value is -3.90. The fourth-order valence-electron chi connectivity index (χ4n) is 2.95. The summed E-state index contributed by atoms with van der Waals surface area (Å²) < 4.78 is 16.1. The highest BCUT2D eigenvalue weighted by atomic mass is 32.2. The van der Waals surface area contributed by atoms with Gasteiger partial charge in [-0.15, -0.1) is 6.42 Å². The van der Waals surface area contributed by atoms with E-state index < -0.39 is 23.6 Å². The molecule has 0 atom stereocenters. The van der Waals surface area contributed by atoms with Crippen molar-refractivity contribution in [3.05, 3.63) is 52.9 Å². The van der Waals surface area contributed by atoms with Crippen LogP contribution in [-0.2, 0) is 9.59 Å². The van der Waals surface area contributed by atoms with Gasteiger partial charge in [-0.2, -0.15) is 0 Å². The molecule has 8 nitrogen and oxygen atoms in total. The zero-order valence-corrected chi connectivity index (χ0v) is 18.9. The fraction of sp³-hybridized carbons (Fsp3) is 0.208. The second-order valence-electron chi connectivity index (χ2n) is 6.68. The summed E-state index contributed by atoms with van der Waals surface area (Å²) in [5.74, 6) is 2.93. The van der Waals surface area contributed by atoms with E-state index in [1.54, 1.807) is 48.5 Å². The molecule has 3 rings (SSSR count). The Morgan fingerprint density at radius 3 is 2.58 bits per heavy atom. The molecule has 2 aromatic rings. The average molecular weight is 467 g/mol. The van der Waals surface area contributed by atoms with Crippen molar-refractivity contribution in [3.8, 4) is 29.6 Å². The number of thioether (sulfide) groups is 1. The molecule has 0 saturated carbocycles. The van der Waals surface area contributed by atoms with Crippen LogP contribution in [0.25, 0.3) is 6.08 Å². The van der Waals surface area contributed by atoms with E-state index in [9.17, 15) is 14.4 Å². The van der Waals surface area contributed by atoms with Gasteiger partial charge in [-0.05, 0) is 66.7 Å². The van der Waals surface area contributed by atoms with Crippen molar-refractivity contribution in [1.82, 2.24) is 4.90 Å². The lowest BCUT2D eigenvalue weighted by atomic mass is 10.2. The first-order valence-corrected chi connectivity index (χ1v) is 10.8. The summed E-state index contributed by atoms with van der Waals surface area (Å²) in [6.07, 6.45) is 6.77. The second kappa shape index (κ2) is 11.1. The summed E-state index contributed by atoms with van der Waals surface area (Å²) >= 11 is 0.767. The third-order valence-electron chi connectivity index (χ3n) is 4.42. The number of rotatable bonds is 9. The third-order valence-corrected chi connectivity index (χ3v) is 5.33. The quantitative estimate of drug-likeness (QED) is 0.444. The van der Waals surface area contributed by atoms with E-state index in [2.05, 4.69) is 11.2 Å². The van der Waals surface area contributed by atoms with Crippen LogP contribution in [-0.4, -0.2) is 48.8 Å². The summed E-state index contributed by atoms with van der Waals surface area (Å²) in [6.45, 7) is 2.11. The number of anilines is 1. The van der Waals surface area contributed by atoms with Gasteiger partial charge in [-0.1, -0.05) is 12.0 Å². The number of benzene rings is 2. The Balaban J connectivity index is 1.67. The first kappa shape index (κ1) is 23.8. The third kappa shape index (κ3) is 6.08. The maximum Gasteiger partial charge on any atom is 0.294 e. The number of methoxy groups -OCH3 is 1. The predicted molar refractivity (Wildman–Crippen MR) is 126 cm³/mol. The molecule has 9 heteroatoms. The zero-order chi connectivity index (χ0) is 23.8. The Kier molecular flexibility index (Phi) is 8.00. The molecule has 1 aliphatic rings.